The number of H-pyrrole nitrogens is 1. The number of carboxylic acids is 1. The van der Waals surface area contributed by atoms with Crippen molar-refractivity contribution >= 4 is 27.8 Å². The Kier molecular flexibility index (Phi) is 5.22. The Morgan fingerprint density at radius 1 is 1.23 bits per heavy atom. The maximum Gasteiger partial charge on any atom is 0.332 e. The lowest BCUT2D eigenvalue weighted by Gasteiger charge is -2.23. The third kappa shape index (κ3) is 3.34. The smallest absolute Gasteiger partial charge is 0.332 e. The van der Waals surface area contributed by atoms with E-state index in [1.807, 2.05) is 38.2 Å². The molecule has 0 radical (unpaired) electrons. The Balaban J connectivity index is 2.04. The molecule has 0 saturated carbocycles. The fourth-order valence-corrected chi connectivity index (χ4v) is 4.38. The predicted octanol–water partition coefficient (Wildman–Crippen LogP) is 3.38. The molecule has 3 aromatic heterocycles. The van der Waals surface area contributed by atoms with Gasteiger partial charge < -0.3 is 10.1 Å². The number of carbonyl (C=O) groups is 1. The number of aryl methyl sites for hydroxylation is 1. The molecule has 160 valence electrons. The lowest BCUT2D eigenvalue weighted by Crippen LogP contribution is -2.43. The van der Waals surface area contributed by atoms with Crippen LogP contribution in [-0.4, -0.2) is 30.2 Å². The highest BCUT2D eigenvalue weighted by atomic mass is 16.4. The Labute approximate surface area is 177 Å². The highest BCUT2D eigenvalue weighted by Crippen LogP contribution is 2.30. The first-order chi connectivity index (χ1) is 14.8. The molecule has 0 saturated heterocycles. The Hall–Kier alpha value is -3.68. The number of rotatable bonds is 6. The minimum Gasteiger partial charge on any atom is -0.481 e. The fourth-order valence-electron chi connectivity index (χ4n) is 4.38. The van der Waals surface area contributed by atoms with Crippen LogP contribution in [0.3, 0.4) is 0 Å². The van der Waals surface area contributed by atoms with Crippen LogP contribution < -0.4 is 11.2 Å². The summed E-state index contributed by atoms with van der Waals surface area (Å²) in [6.07, 6.45) is 4.90. The van der Waals surface area contributed by atoms with Crippen LogP contribution in [0.1, 0.15) is 49.9 Å². The second kappa shape index (κ2) is 7.86. The summed E-state index contributed by atoms with van der Waals surface area (Å²) in [6, 6.07) is 6.46. The lowest BCUT2D eigenvalue weighted by atomic mass is 10.0. The Bertz CT molecular complexity index is 1410. The molecule has 2 atom stereocenters. The van der Waals surface area contributed by atoms with Gasteiger partial charge in [-0.1, -0.05) is 19.1 Å². The zero-order chi connectivity index (χ0) is 22.3. The summed E-state index contributed by atoms with van der Waals surface area (Å²) in [4.78, 5) is 45.5. The van der Waals surface area contributed by atoms with Gasteiger partial charge in [-0.25, -0.2) is 4.79 Å². The number of pyridine rings is 1. The van der Waals surface area contributed by atoms with Crippen LogP contribution >= 0.6 is 0 Å². The summed E-state index contributed by atoms with van der Waals surface area (Å²) in [6.45, 7) is 5.69. The van der Waals surface area contributed by atoms with Crippen molar-refractivity contribution in [3.8, 4) is 0 Å². The minimum atomic E-state index is -1.06. The van der Waals surface area contributed by atoms with Gasteiger partial charge in [0.2, 0.25) is 0 Å². The molecule has 0 aliphatic heterocycles. The highest BCUT2D eigenvalue weighted by molar-refractivity contribution is 5.87. The van der Waals surface area contributed by atoms with Gasteiger partial charge in [0.05, 0.1) is 29.4 Å². The van der Waals surface area contributed by atoms with Gasteiger partial charge >= 0.3 is 11.7 Å². The Morgan fingerprint density at radius 3 is 2.71 bits per heavy atom. The molecule has 8 nitrogen and oxygen atoms in total. The number of aromatic amines is 1. The van der Waals surface area contributed by atoms with Gasteiger partial charge in [0, 0.05) is 35.1 Å². The third-order valence-corrected chi connectivity index (χ3v) is 5.95. The van der Waals surface area contributed by atoms with Gasteiger partial charge in [0.1, 0.15) is 0 Å². The van der Waals surface area contributed by atoms with E-state index in [0.717, 1.165) is 26.6 Å². The second-order valence-corrected chi connectivity index (χ2v) is 7.80. The molecule has 3 heterocycles. The van der Waals surface area contributed by atoms with Crippen molar-refractivity contribution in [2.75, 3.05) is 0 Å². The molecule has 4 aromatic rings. The van der Waals surface area contributed by atoms with Crippen LogP contribution in [0, 0.1) is 6.92 Å². The van der Waals surface area contributed by atoms with E-state index in [-0.39, 0.29) is 11.8 Å². The molecule has 2 unspecified atom stereocenters. The van der Waals surface area contributed by atoms with E-state index in [4.69, 9.17) is 0 Å². The largest absolute Gasteiger partial charge is 0.481 e. The molecule has 8 heteroatoms. The molecule has 31 heavy (non-hydrogen) atoms. The van der Waals surface area contributed by atoms with Crippen molar-refractivity contribution in [3.63, 3.8) is 0 Å². The number of nitrogens with zero attached hydrogens (tertiary/aromatic N) is 3. The number of fused-ring (bicyclic) bond motifs is 2. The molecule has 1 aromatic carbocycles. The predicted molar refractivity (Wildman–Crippen MR) is 119 cm³/mol. The van der Waals surface area contributed by atoms with Crippen molar-refractivity contribution in [1.29, 1.82) is 0 Å². The number of benzene rings is 1. The summed E-state index contributed by atoms with van der Waals surface area (Å²) in [7, 11) is 0. The van der Waals surface area contributed by atoms with Crippen LogP contribution in [0.2, 0.25) is 0 Å². The normalized spacial score (nSPS) is 13.5. The number of aliphatic carboxylic acids is 1. The number of hydrogen-bond donors (Lipinski definition) is 2. The number of hydrogen-bond acceptors (Lipinski definition) is 4. The van der Waals surface area contributed by atoms with E-state index < -0.39 is 29.3 Å². The van der Waals surface area contributed by atoms with Crippen molar-refractivity contribution in [1.82, 2.24) is 19.1 Å². The van der Waals surface area contributed by atoms with Gasteiger partial charge in [-0.3, -0.25) is 23.7 Å². The highest BCUT2D eigenvalue weighted by Gasteiger charge is 2.25. The van der Waals surface area contributed by atoms with Crippen LogP contribution in [-0.2, 0) is 4.79 Å². The van der Waals surface area contributed by atoms with Crippen LogP contribution in [0.4, 0.5) is 0 Å². The quantitative estimate of drug-likeness (QED) is 0.497. The first kappa shape index (κ1) is 20.6. The summed E-state index contributed by atoms with van der Waals surface area (Å²) in [5, 5.41) is 10.6. The van der Waals surface area contributed by atoms with Crippen molar-refractivity contribution in [2.45, 2.75) is 45.7 Å². The number of nitrogens with one attached hydrogen (secondary N) is 1. The average molecular weight is 420 g/mol. The Morgan fingerprint density at radius 2 is 2.00 bits per heavy atom. The molecule has 0 fully saturated rings. The molecule has 4 rings (SSSR count). The summed E-state index contributed by atoms with van der Waals surface area (Å²) >= 11 is 0. The summed E-state index contributed by atoms with van der Waals surface area (Å²) in [5.74, 6) is -1.06. The lowest BCUT2D eigenvalue weighted by molar-refractivity contribution is -0.138. The topological polar surface area (TPSA) is 110 Å². The van der Waals surface area contributed by atoms with E-state index in [2.05, 4.69) is 9.97 Å². The fraction of sp³-hybridized carbons (Fsp3) is 0.304. The van der Waals surface area contributed by atoms with Gasteiger partial charge in [-0.2, -0.15) is 0 Å². The van der Waals surface area contributed by atoms with Crippen LogP contribution in [0.15, 0.2) is 52.4 Å². The van der Waals surface area contributed by atoms with Crippen molar-refractivity contribution in [2.24, 2.45) is 0 Å². The van der Waals surface area contributed by atoms with Gasteiger partial charge in [0.15, 0.2) is 0 Å². The maximum atomic E-state index is 13.6. The molecule has 0 aliphatic rings. The second-order valence-electron chi connectivity index (χ2n) is 7.80. The average Bonchev–Trinajstić information content (AvgIpc) is 3.18. The number of carboxylic acid groups (broad SMARTS) is 1. The van der Waals surface area contributed by atoms with E-state index in [0.29, 0.717) is 11.9 Å². The molecule has 0 spiro atoms. The van der Waals surface area contributed by atoms with E-state index in [1.165, 1.54) is 6.20 Å². The molecular weight excluding hydrogens is 396 g/mol. The van der Waals surface area contributed by atoms with Crippen LogP contribution in [0.25, 0.3) is 21.8 Å². The first-order valence-electron chi connectivity index (χ1n) is 10.2. The first-order valence-corrected chi connectivity index (χ1v) is 10.2. The van der Waals surface area contributed by atoms with Crippen molar-refractivity contribution < 1.29 is 9.90 Å². The number of aromatic nitrogens is 4. The standard InChI is InChI=1S/C23H24N4O4/c1-4-15(10-20(28)29)27-22(30)17-11-24-9-8-19(17)26(23(27)31)14(3)16-12-25-18-7-5-6-13(2)21(16)18/h5-9,11-12,14-15,25H,4,10H2,1-3H3,(H,28,29). The molecule has 2 N–H and O–H groups in total. The van der Waals surface area contributed by atoms with Crippen LogP contribution in [0.5, 0.6) is 0 Å². The van der Waals surface area contributed by atoms with E-state index >= 15 is 0 Å². The van der Waals surface area contributed by atoms with Gasteiger partial charge in [0.25, 0.3) is 5.56 Å². The van der Waals surface area contributed by atoms with Gasteiger partial charge in [-0.05, 0) is 38.0 Å². The summed E-state index contributed by atoms with van der Waals surface area (Å²) in [5.41, 5.74) is 2.40. The minimum absolute atomic E-state index is 0.286. The zero-order valence-corrected chi connectivity index (χ0v) is 17.6. The maximum absolute atomic E-state index is 13.6. The SMILES string of the molecule is CCC(CC(=O)O)n1c(=O)c2cnccc2n(C(C)c2c[nH]c3cccc(C)c23)c1=O. The summed E-state index contributed by atoms with van der Waals surface area (Å²) < 4.78 is 2.65. The van der Waals surface area contributed by atoms with Crippen molar-refractivity contribution in [3.05, 3.63) is 74.8 Å². The molecule has 0 bridgehead atoms. The third-order valence-electron chi connectivity index (χ3n) is 5.95. The molecule has 0 amide bonds. The van der Waals surface area contributed by atoms with E-state index in [1.54, 1.807) is 23.8 Å². The molecular formula is C23H24N4O4. The molecule has 0 aliphatic carbocycles. The monoisotopic (exact) mass is 420 g/mol. The zero-order valence-electron chi connectivity index (χ0n) is 17.6. The van der Waals surface area contributed by atoms with Gasteiger partial charge in [-0.15, -0.1) is 0 Å². The van der Waals surface area contributed by atoms with E-state index in [9.17, 15) is 19.5 Å².